The number of phenols is 1. The molecule has 108 valence electrons. The van der Waals surface area contributed by atoms with E-state index in [9.17, 15) is 5.11 Å². The lowest BCUT2D eigenvalue weighted by atomic mass is 9.59. The molecule has 0 spiro atoms. The summed E-state index contributed by atoms with van der Waals surface area (Å²) in [7, 11) is 0. The highest BCUT2D eigenvalue weighted by molar-refractivity contribution is 5.35. The topological polar surface area (TPSA) is 23.5 Å². The van der Waals surface area contributed by atoms with Gasteiger partial charge in [0.05, 0.1) is 0 Å². The SMILES string of the molecule is C=CCN1CC[C@]2(c3cccc(O)c3)CCCC[C@@H]2C1. The van der Waals surface area contributed by atoms with Crippen molar-refractivity contribution in [3.8, 4) is 5.75 Å². The molecule has 0 aromatic heterocycles. The summed E-state index contributed by atoms with van der Waals surface area (Å²) >= 11 is 0. The Morgan fingerprint density at radius 2 is 2.25 bits per heavy atom. The van der Waals surface area contributed by atoms with Gasteiger partial charge in [0.15, 0.2) is 0 Å². The molecule has 1 heterocycles. The Morgan fingerprint density at radius 1 is 1.35 bits per heavy atom. The summed E-state index contributed by atoms with van der Waals surface area (Å²) in [5.41, 5.74) is 1.66. The molecule has 1 N–H and O–H groups in total. The zero-order valence-electron chi connectivity index (χ0n) is 12.2. The minimum absolute atomic E-state index is 0.300. The molecule has 1 aliphatic carbocycles. The molecule has 0 unspecified atom stereocenters. The van der Waals surface area contributed by atoms with E-state index in [1.54, 1.807) is 6.07 Å². The van der Waals surface area contributed by atoms with Crippen molar-refractivity contribution in [2.75, 3.05) is 19.6 Å². The van der Waals surface area contributed by atoms with Gasteiger partial charge in [0, 0.05) is 18.5 Å². The van der Waals surface area contributed by atoms with Crippen LogP contribution in [0.5, 0.6) is 5.75 Å². The minimum atomic E-state index is 0.300. The van der Waals surface area contributed by atoms with Crippen LogP contribution in [0.3, 0.4) is 0 Å². The number of phenolic OH excluding ortho intramolecular Hbond substituents is 1. The van der Waals surface area contributed by atoms with E-state index in [0.717, 1.165) is 19.0 Å². The lowest BCUT2D eigenvalue weighted by Gasteiger charge is -2.51. The van der Waals surface area contributed by atoms with Crippen molar-refractivity contribution in [3.63, 3.8) is 0 Å². The van der Waals surface area contributed by atoms with Crippen LogP contribution in [0.1, 0.15) is 37.7 Å². The number of aromatic hydroxyl groups is 1. The van der Waals surface area contributed by atoms with Crippen LogP contribution in [0.2, 0.25) is 0 Å². The first-order valence-corrected chi connectivity index (χ1v) is 7.87. The Labute approximate surface area is 122 Å². The highest BCUT2D eigenvalue weighted by Crippen LogP contribution is 2.49. The Morgan fingerprint density at radius 3 is 3.05 bits per heavy atom. The minimum Gasteiger partial charge on any atom is -0.508 e. The van der Waals surface area contributed by atoms with Gasteiger partial charge >= 0.3 is 0 Å². The second-order valence-electron chi connectivity index (χ2n) is 6.45. The molecule has 1 aromatic rings. The average molecular weight is 271 g/mol. The Kier molecular flexibility index (Phi) is 3.84. The molecular weight excluding hydrogens is 246 g/mol. The van der Waals surface area contributed by atoms with Crippen molar-refractivity contribution < 1.29 is 5.11 Å². The number of hydrogen-bond acceptors (Lipinski definition) is 2. The molecule has 1 aromatic carbocycles. The highest BCUT2D eigenvalue weighted by Gasteiger charge is 2.45. The molecule has 2 heteroatoms. The fourth-order valence-electron chi connectivity index (χ4n) is 4.36. The van der Waals surface area contributed by atoms with Gasteiger partial charge in [-0.3, -0.25) is 4.90 Å². The monoisotopic (exact) mass is 271 g/mol. The summed E-state index contributed by atoms with van der Waals surface area (Å²) in [6.07, 6.45) is 8.52. The average Bonchev–Trinajstić information content (AvgIpc) is 2.47. The maximum atomic E-state index is 9.84. The summed E-state index contributed by atoms with van der Waals surface area (Å²) in [6.45, 7) is 7.21. The Balaban J connectivity index is 1.90. The Bertz CT molecular complexity index is 484. The molecule has 2 fully saturated rings. The normalized spacial score (nSPS) is 30.7. The molecule has 20 heavy (non-hydrogen) atoms. The summed E-state index contributed by atoms with van der Waals surface area (Å²) < 4.78 is 0. The molecule has 1 aliphatic heterocycles. The summed E-state index contributed by atoms with van der Waals surface area (Å²) in [4.78, 5) is 2.53. The second-order valence-corrected chi connectivity index (χ2v) is 6.45. The van der Waals surface area contributed by atoms with Crippen LogP contribution in [-0.2, 0) is 5.41 Å². The van der Waals surface area contributed by atoms with Gasteiger partial charge in [0.2, 0.25) is 0 Å². The maximum Gasteiger partial charge on any atom is 0.115 e. The van der Waals surface area contributed by atoms with E-state index in [1.807, 2.05) is 18.2 Å². The lowest BCUT2D eigenvalue weighted by Crippen LogP contribution is -2.51. The first-order valence-electron chi connectivity index (χ1n) is 7.87. The molecule has 0 amide bonds. The number of piperidine rings is 1. The number of nitrogens with zero attached hydrogens (tertiary/aromatic N) is 1. The van der Waals surface area contributed by atoms with E-state index in [-0.39, 0.29) is 0 Å². The zero-order valence-corrected chi connectivity index (χ0v) is 12.2. The van der Waals surface area contributed by atoms with Gasteiger partial charge in [-0.25, -0.2) is 0 Å². The first-order chi connectivity index (χ1) is 9.74. The van der Waals surface area contributed by atoms with E-state index in [2.05, 4.69) is 17.5 Å². The van der Waals surface area contributed by atoms with Crippen LogP contribution in [0.4, 0.5) is 0 Å². The number of hydrogen-bond donors (Lipinski definition) is 1. The third kappa shape index (κ3) is 2.37. The van der Waals surface area contributed by atoms with Gasteiger partial charge in [0.25, 0.3) is 0 Å². The smallest absolute Gasteiger partial charge is 0.115 e. The molecule has 0 radical (unpaired) electrons. The van der Waals surface area contributed by atoms with Gasteiger partial charge in [-0.2, -0.15) is 0 Å². The largest absolute Gasteiger partial charge is 0.508 e. The molecule has 1 saturated carbocycles. The molecule has 0 bridgehead atoms. The van der Waals surface area contributed by atoms with E-state index in [1.165, 1.54) is 44.2 Å². The highest BCUT2D eigenvalue weighted by atomic mass is 16.3. The predicted molar refractivity (Wildman–Crippen MR) is 83.0 cm³/mol. The van der Waals surface area contributed by atoms with E-state index in [0.29, 0.717) is 11.2 Å². The number of likely N-dealkylation sites (tertiary alicyclic amines) is 1. The van der Waals surface area contributed by atoms with Gasteiger partial charge < -0.3 is 5.11 Å². The fraction of sp³-hybridized carbons (Fsp3) is 0.556. The molecule has 2 atom stereocenters. The molecule has 3 rings (SSSR count). The fourth-order valence-corrected chi connectivity index (χ4v) is 4.36. The number of fused-ring (bicyclic) bond motifs is 1. The van der Waals surface area contributed by atoms with Crippen LogP contribution in [-0.4, -0.2) is 29.6 Å². The van der Waals surface area contributed by atoms with Crippen molar-refractivity contribution in [1.82, 2.24) is 4.90 Å². The molecule has 2 aliphatic rings. The third-order valence-electron chi connectivity index (χ3n) is 5.37. The van der Waals surface area contributed by atoms with Crippen molar-refractivity contribution in [2.45, 2.75) is 37.5 Å². The molecule has 1 saturated heterocycles. The van der Waals surface area contributed by atoms with Crippen LogP contribution < -0.4 is 0 Å². The van der Waals surface area contributed by atoms with Gasteiger partial charge in [-0.05, 0) is 49.4 Å². The maximum absolute atomic E-state index is 9.84. The predicted octanol–water partition coefficient (Wildman–Crippen LogP) is 3.71. The van der Waals surface area contributed by atoms with Crippen molar-refractivity contribution >= 4 is 0 Å². The van der Waals surface area contributed by atoms with Crippen molar-refractivity contribution in [3.05, 3.63) is 42.5 Å². The lowest BCUT2D eigenvalue weighted by molar-refractivity contribution is 0.0627. The Hall–Kier alpha value is -1.28. The third-order valence-corrected chi connectivity index (χ3v) is 5.37. The standard InChI is InChI=1S/C18H25NO/c1-2-11-19-12-10-18(9-4-3-6-16(18)14-19)15-7-5-8-17(20)13-15/h2,5,7-8,13,16,20H,1,3-4,6,9-12,14H2/t16-,18+/m1/s1. The van der Waals surface area contributed by atoms with Crippen LogP contribution in [0.15, 0.2) is 36.9 Å². The van der Waals surface area contributed by atoms with Crippen molar-refractivity contribution in [2.24, 2.45) is 5.92 Å². The zero-order chi connectivity index (χ0) is 14.0. The summed E-state index contributed by atoms with van der Waals surface area (Å²) in [5, 5.41) is 9.84. The summed E-state index contributed by atoms with van der Waals surface area (Å²) in [5.74, 6) is 1.14. The first kappa shape index (κ1) is 13.7. The van der Waals surface area contributed by atoms with E-state index in [4.69, 9.17) is 0 Å². The number of benzene rings is 1. The van der Waals surface area contributed by atoms with Crippen LogP contribution in [0.25, 0.3) is 0 Å². The van der Waals surface area contributed by atoms with Crippen LogP contribution in [0, 0.1) is 5.92 Å². The summed E-state index contributed by atoms with van der Waals surface area (Å²) in [6, 6.07) is 8.01. The van der Waals surface area contributed by atoms with Gasteiger partial charge in [-0.15, -0.1) is 6.58 Å². The second kappa shape index (κ2) is 5.61. The molecular formula is C18H25NO. The van der Waals surface area contributed by atoms with Gasteiger partial charge in [0.1, 0.15) is 5.75 Å². The molecule has 2 nitrogen and oxygen atoms in total. The van der Waals surface area contributed by atoms with E-state index < -0.39 is 0 Å². The van der Waals surface area contributed by atoms with Gasteiger partial charge in [-0.1, -0.05) is 31.1 Å². The number of rotatable bonds is 3. The van der Waals surface area contributed by atoms with Crippen molar-refractivity contribution in [1.29, 1.82) is 0 Å². The van der Waals surface area contributed by atoms with Crippen LogP contribution >= 0.6 is 0 Å². The quantitative estimate of drug-likeness (QED) is 0.847. The van der Waals surface area contributed by atoms with E-state index >= 15 is 0 Å².